The third-order valence-electron chi connectivity index (χ3n) is 2.77. The molecule has 0 amide bonds. The molecular weight excluding hydrogens is 235 g/mol. The first kappa shape index (κ1) is 12.5. The van der Waals surface area contributed by atoms with E-state index in [4.69, 9.17) is 0 Å². The predicted molar refractivity (Wildman–Crippen MR) is 65.8 cm³/mol. The Morgan fingerprint density at radius 1 is 1.50 bits per heavy atom. The van der Waals surface area contributed by atoms with Crippen molar-refractivity contribution in [3.63, 3.8) is 0 Å². The van der Waals surface area contributed by atoms with Crippen molar-refractivity contribution in [2.24, 2.45) is 0 Å². The Kier molecular flexibility index (Phi) is 3.32. The van der Waals surface area contributed by atoms with Crippen LogP contribution in [0.25, 0.3) is 11.0 Å². The maximum Gasteiger partial charge on any atom is 0.313 e. The number of imidazole rings is 1. The van der Waals surface area contributed by atoms with Gasteiger partial charge < -0.3 is 9.30 Å². The number of nitrogens with zero attached hydrogens (tertiary/aromatic N) is 2. The van der Waals surface area contributed by atoms with Crippen LogP contribution in [0, 0.1) is 5.82 Å². The van der Waals surface area contributed by atoms with E-state index in [1.54, 1.807) is 6.07 Å². The number of carbonyl (C=O) groups excluding carboxylic acids is 1. The van der Waals surface area contributed by atoms with Crippen molar-refractivity contribution in [2.45, 2.75) is 26.3 Å². The van der Waals surface area contributed by atoms with Gasteiger partial charge in [-0.1, -0.05) is 0 Å². The normalized spacial score (nSPS) is 11.2. The van der Waals surface area contributed by atoms with E-state index in [1.165, 1.54) is 19.2 Å². The van der Waals surface area contributed by atoms with Crippen molar-refractivity contribution in [3.8, 4) is 0 Å². The summed E-state index contributed by atoms with van der Waals surface area (Å²) in [5, 5.41) is 0. The van der Waals surface area contributed by atoms with E-state index >= 15 is 0 Å². The fraction of sp³-hybridized carbons (Fsp3) is 0.385. The summed E-state index contributed by atoms with van der Waals surface area (Å²) in [4.78, 5) is 15.7. The van der Waals surface area contributed by atoms with Crippen molar-refractivity contribution in [1.29, 1.82) is 0 Å². The van der Waals surface area contributed by atoms with Crippen LogP contribution < -0.4 is 0 Å². The summed E-state index contributed by atoms with van der Waals surface area (Å²) in [6.45, 7) is 3.93. The predicted octanol–water partition coefficient (Wildman–Crippen LogP) is 2.47. The molecule has 0 spiro atoms. The highest BCUT2D eigenvalue weighted by molar-refractivity contribution is 5.78. The molecule has 0 aliphatic carbocycles. The number of rotatable bonds is 3. The number of fused-ring (bicyclic) bond motifs is 1. The van der Waals surface area contributed by atoms with Crippen LogP contribution >= 0.6 is 0 Å². The minimum Gasteiger partial charge on any atom is -0.469 e. The van der Waals surface area contributed by atoms with E-state index < -0.39 is 0 Å². The van der Waals surface area contributed by atoms with Gasteiger partial charge in [-0.2, -0.15) is 0 Å². The largest absolute Gasteiger partial charge is 0.469 e. The summed E-state index contributed by atoms with van der Waals surface area (Å²) in [7, 11) is 1.34. The number of aromatic nitrogens is 2. The molecule has 0 saturated carbocycles. The highest BCUT2D eigenvalue weighted by Gasteiger charge is 2.16. The first-order valence-electron chi connectivity index (χ1n) is 5.76. The molecule has 18 heavy (non-hydrogen) atoms. The van der Waals surface area contributed by atoms with Crippen molar-refractivity contribution < 1.29 is 13.9 Å². The molecule has 5 heteroatoms. The number of halogens is 1. The lowest BCUT2D eigenvalue weighted by molar-refractivity contribution is -0.139. The molecule has 1 heterocycles. The average Bonchev–Trinajstić information content (AvgIpc) is 2.65. The molecule has 0 radical (unpaired) electrons. The topological polar surface area (TPSA) is 44.1 Å². The summed E-state index contributed by atoms with van der Waals surface area (Å²) < 4.78 is 19.8. The number of hydrogen-bond acceptors (Lipinski definition) is 3. The van der Waals surface area contributed by atoms with E-state index in [9.17, 15) is 9.18 Å². The molecule has 0 bridgehead atoms. The first-order valence-corrected chi connectivity index (χ1v) is 5.76. The van der Waals surface area contributed by atoms with Crippen molar-refractivity contribution in [2.75, 3.05) is 7.11 Å². The van der Waals surface area contributed by atoms with Gasteiger partial charge >= 0.3 is 5.97 Å². The number of hydrogen-bond donors (Lipinski definition) is 0. The minimum atomic E-state index is -0.354. The van der Waals surface area contributed by atoms with Crippen molar-refractivity contribution in [1.82, 2.24) is 9.55 Å². The van der Waals surface area contributed by atoms with Gasteiger partial charge in [0.1, 0.15) is 18.1 Å². The number of ether oxygens (including phenoxy) is 1. The second-order valence-electron chi connectivity index (χ2n) is 4.38. The Morgan fingerprint density at radius 2 is 2.22 bits per heavy atom. The van der Waals surface area contributed by atoms with E-state index in [0.29, 0.717) is 16.9 Å². The van der Waals surface area contributed by atoms with Gasteiger partial charge in [0.05, 0.1) is 18.1 Å². The van der Waals surface area contributed by atoms with Crippen LogP contribution in [0.3, 0.4) is 0 Å². The molecule has 0 fully saturated rings. The second-order valence-corrected chi connectivity index (χ2v) is 4.38. The maximum absolute atomic E-state index is 13.3. The van der Waals surface area contributed by atoms with Gasteiger partial charge in [-0.05, 0) is 32.0 Å². The summed E-state index contributed by atoms with van der Waals surface area (Å²) >= 11 is 0. The van der Waals surface area contributed by atoms with E-state index in [2.05, 4.69) is 9.72 Å². The van der Waals surface area contributed by atoms with Crippen LogP contribution in [0.4, 0.5) is 4.39 Å². The Morgan fingerprint density at radius 3 is 2.83 bits per heavy atom. The highest BCUT2D eigenvalue weighted by Crippen LogP contribution is 2.22. The fourth-order valence-electron chi connectivity index (χ4n) is 2.02. The minimum absolute atomic E-state index is 0.0883. The quantitative estimate of drug-likeness (QED) is 0.786. The van der Waals surface area contributed by atoms with Crippen molar-refractivity contribution in [3.05, 3.63) is 29.8 Å². The van der Waals surface area contributed by atoms with Gasteiger partial charge in [0.15, 0.2) is 0 Å². The summed E-state index contributed by atoms with van der Waals surface area (Å²) in [5.41, 5.74) is 1.38. The zero-order valence-electron chi connectivity index (χ0n) is 10.6. The molecule has 0 unspecified atom stereocenters. The fourth-order valence-corrected chi connectivity index (χ4v) is 2.02. The van der Waals surface area contributed by atoms with E-state index in [-0.39, 0.29) is 24.2 Å². The van der Waals surface area contributed by atoms with Gasteiger partial charge in [0, 0.05) is 6.04 Å². The lowest BCUT2D eigenvalue weighted by atomic mass is 10.3. The molecule has 2 aromatic rings. The number of benzene rings is 1. The van der Waals surface area contributed by atoms with Crippen LogP contribution in [0.15, 0.2) is 18.2 Å². The molecule has 0 saturated heterocycles. The highest BCUT2D eigenvalue weighted by atomic mass is 19.1. The van der Waals surface area contributed by atoms with Crippen LogP contribution in [-0.4, -0.2) is 22.6 Å². The Labute approximate surface area is 104 Å². The van der Waals surface area contributed by atoms with Crippen LogP contribution in [-0.2, 0) is 16.0 Å². The molecule has 4 nitrogen and oxygen atoms in total. The Balaban J connectivity index is 2.58. The standard InChI is InChI=1S/C13H15FN2O2/c1-8(2)16-11-6-9(14)4-5-10(11)15-12(16)7-13(17)18-3/h4-6,8H,7H2,1-3H3. The van der Waals surface area contributed by atoms with Crippen molar-refractivity contribution >= 4 is 17.0 Å². The lowest BCUT2D eigenvalue weighted by Gasteiger charge is -2.12. The Bertz CT molecular complexity index is 590. The van der Waals surface area contributed by atoms with Crippen LogP contribution in [0.1, 0.15) is 25.7 Å². The van der Waals surface area contributed by atoms with Gasteiger partial charge in [-0.15, -0.1) is 0 Å². The molecule has 96 valence electrons. The molecular formula is C13H15FN2O2. The van der Waals surface area contributed by atoms with Crippen LogP contribution in [0.2, 0.25) is 0 Å². The molecule has 2 rings (SSSR count). The van der Waals surface area contributed by atoms with Crippen LogP contribution in [0.5, 0.6) is 0 Å². The first-order chi connectivity index (χ1) is 8.52. The molecule has 0 aliphatic rings. The lowest BCUT2D eigenvalue weighted by Crippen LogP contribution is -2.12. The SMILES string of the molecule is COC(=O)Cc1nc2ccc(F)cc2n1C(C)C. The number of methoxy groups -OCH3 is 1. The number of esters is 1. The molecule has 0 aliphatic heterocycles. The smallest absolute Gasteiger partial charge is 0.313 e. The third kappa shape index (κ3) is 2.20. The van der Waals surface area contributed by atoms with Gasteiger partial charge in [-0.25, -0.2) is 9.37 Å². The van der Waals surface area contributed by atoms with E-state index in [1.807, 2.05) is 18.4 Å². The molecule has 0 N–H and O–H groups in total. The maximum atomic E-state index is 13.3. The third-order valence-corrected chi connectivity index (χ3v) is 2.77. The molecule has 1 aromatic carbocycles. The monoisotopic (exact) mass is 250 g/mol. The summed E-state index contributed by atoms with van der Waals surface area (Å²) in [5.74, 6) is -0.0703. The Hall–Kier alpha value is -1.91. The van der Waals surface area contributed by atoms with E-state index in [0.717, 1.165) is 0 Å². The van der Waals surface area contributed by atoms with Gasteiger partial charge in [0.2, 0.25) is 0 Å². The van der Waals surface area contributed by atoms with Gasteiger partial charge in [0.25, 0.3) is 0 Å². The zero-order valence-corrected chi connectivity index (χ0v) is 10.6. The second kappa shape index (κ2) is 4.76. The molecule has 0 atom stereocenters. The average molecular weight is 250 g/mol. The summed E-state index contributed by atoms with van der Waals surface area (Å²) in [6.07, 6.45) is 0.0883. The zero-order chi connectivity index (χ0) is 13.3. The summed E-state index contributed by atoms with van der Waals surface area (Å²) in [6, 6.07) is 4.51. The molecule has 1 aromatic heterocycles. The number of carbonyl (C=O) groups is 1. The van der Waals surface area contributed by atoms with Gasteiger partial charge in [-0.3, -0.25) is 4.79 Å².